The minimum absolute atomic E-state index is 0. The van der Waals surface area contributed by atoms with Crippen molar-refractivity contribution in [1.82, 2.24) is 4.72 Å². The Labute approximate surface area is 113 Å². The molecule has 0 fully saturated rings. The second-order valence-corrected chi connectivity index (χ2v) is 4.08. The summed E-state index contributed by atoms with van der Waals surface area (Å²) < 4.78 is 24.2. The molecule has 1 aromatic carbocycles. The number of nitrogens with one attached hydrogen (secondary N) is 1. The molecule has 0 aromatic heterocycles. The van der Waals surface area contributed by atoms with Crippen LogP contribution in [0.3, 0.4) is 0 Å². The van der Waals surface area contributed by atoms with Crippen molar-refractivity contribution >= 4 is 61.4 Å². The Morgan fingerprint density at radius 2 is 1.77 bits per heavy atom. The third-order valence-electron chi connectivity index (χ3n) is 1.65. The van der Waals surface area contributed by atoms with E-state index in [-0.39, 0.29) is 55.9 Å². The van der Waals surface area contributed by atoms with E-state index in [2.05, 4.69) is 0 Å². The molecule has 1 aliphatic rings. The molecule has 1 amide bonds. The van der Waals surface area contributed by atoms with Gasteiger partial charge >= 0.3 is 45.5 Å². The molecule has 66 valence electrons. The van der Waals surface area contributed by atoms with Crippen LogP contribution in [0, 0.1) is 0 Å². The normalized spacial score (nSPS) is 17.1. The third kappa shape index (κ3) is 1.82. The molecule has 0 bridgehead atoms. The van der Waals surface area contributed by atoms with Crippen LogP contribution >= 0.6 is 0 Å². The van der Waals surface area contributed by atoms with E-state index < -0.39 is 15.9 Å². The fourth-order valence-corrected chi connectivity index (χ4v) is 2.29. The monoisotopic (exact) mass is 273 g/mol. The van der Waals surface area contributed by atoms with Crippen LogP contribution in [0.5, 0.6) is 0 Å². The quantitative estimate of drug-likeness (QED) is 0.629. The summed E-state index contributed by atoms with van der Waals surface area (Å²) in [7, 11) is -3.55. The van der Waals surface area contributed by atoms with Crippen molar-refractivity contribution in [3.05, 3.63) is 29.8 Å². The van der Waals surface area contributed by atoms with Crippen molar-refractivity contribution in [2.75, 3.05) is 0 Å². The zero-order chi connectivity index (χ0) is 8.77. The van der Waals surface area contributed by atoms with E-state index in [1.807, 2.05) is 4.72 Å². The molecular weight excluding hydrogens is 266 g/mol. The first-order chi connectivity index (χ1) is 5.61. The number of hydrogen-bond donors (Lipinski definition) is 1. The van der Waals surface area contributed by atoms with Crippen molar-refractivity contribution in [3.63, 3.8) is 0 Å². The van der Waals surface area contributed by atoms with Crippen molar-refractivity contribution in [3.8, 4) is 0 Å². The first kappa shape index (κ1) is 11.2. The maximum atomic E-state index is 11.1. The Morgan fingerprint density at radius 3 is 2.38 bits per heavy atom. The predicted molar refractivity (Wildman–Crippen MR) is 49.6 cm³/mol. The molecule has 1 N–H and O–H groups in total. The molecule has 1 heterocycles. The summed E-state index contributed by atoms with van der Waals surface area (Å²) in [6, 6.07) is 6.09. The zero-order valence-corrected chi connectivity index (χ0v) is 6.76. The van der Waals surface area contributed by atoms with Crippen LogP contribution in [0.4, 0.5) is 0 Å². The van der Waals surface area contributed by atoms with E-state index in [4.69, 9.17) is 0 Å². The number of hydrogen-bond acceptors (Lipinski definition) is 3. The van der Waals surface area contributed by atoms with E-state index in [1.165, 1.54) is 12.1 Å². The fourth-order valence-electron chi connectivity index (χ4n) is 1.12. The van der Waals surface area contributed by atoms with Crippen molar-refractivity contribution in [2.24, 2.45) is 0 Å². The molecule has 0 saturated heterocycles. The molecule has 0 saturated carbocycles. The van der Waals surface area contributed by atoms with Crippen LogP contribution in [0.15, 0.2) is 29.2 Å². The van der Waals surface area contributed by atoms with Crippen LogP contribution in [-0.2, 0) is 10.0 Å². The molecule has 2 rings (SSSR count). The van der Waals surface area contributed by atoms with Crippen LogP contribution in [0.1, 0.15) is 10.4 Å². The van der Waals surface area contributed by atoms with Crippen LogP contribution in [0.2, 0.25) is 0 Å². The number of sulfonamides is 1. The summed E-state index contributed by atoms with van der Waals surface area (Å²) in [5, 5.41) is 0. The molecule has 4 nitrogen and oxygen atoms in total. The van der Waals surface area contributed by atoms with E-state index in [0.29, 0.717) is 0 Å². The number of rotatable bonds is 0. The van der Waals surface area contributed by atoms with E-state index in [1.54, 1.807) is 12.1 Å². The average Bonchev–Trinajstić information content (AvgIpc) is 2.25. The molecule has 1 aromatic rings. The second-order valence-electron chi connectivity index (χ2n) is 2.43. The number of carbonyl (C=O) groups is 1. The van der Waals surface area contributed by atoms with Gasteiger partial charge in [-0.15, -0.1) is 0 Å². The Kier molecular flexibility index (Phi) is 3.19. The topological polar surface area (TPSA) is 63.2 Å². The number of amides is 1. The summed E-state index contributed by atoms with van der Waals surface area (Å²) in [5.74, 6) is -0.550. The van der Waals surface area contributed by atoms with Gasteiger partial charge in [-0.1, -0.05) is 12.1 Å². The molecule has 1 aliphatic heterocycles. The van der Waals surface area contributed by atoms with E-state index in [0.717, 1.165) is 0 Å². The Morgan fingerprint density at radius 1 is 1.15 bits per heavy atom. The summed E-state index contributed by atoms with van der Waals surface area (Å²) >= 11 is 0. The fraction of sp³-hybridized carbons (Fsp3) is 0. The SMILES string of the molecule is O=C1NS(=O)(=O)c2ccccc21.[SrH2]. The summed E-state index contributed by atoms with van der Waals surface area (Å²) in [6.45, 7) is 0. The van der Waals surface area contributed by atoms with Crippen LogP contribution in [0.25, 0.3) is 0 Å². The van der Waals surface area contributed by atoms with Crippen molar-refractivity contribution in [2.45, 2.75) is 4.90 Å². The molecule has 0 spiro atoms. The van der Waals surface area contributed by atoms with Gasteiger partial charge in [-0.3, -0.25) is 4.79 Å². The minimum atomic E-state index is -3.55. The van der Waals surface area contributed by atoms with Gasteiger partial charge in [0.25, 0.3) is 15.9 Å². The summed E-state index contributed by atoms with van der Waals surface area (Å²) in [4.78, 5) is 11.1. The number of fused-ring (bicyclic) bond motifs is 1. The van der Waals surface area contributed by atoms with Crippen molar-refractivity contribution < 1.29 is 13.2 Å². The predicted octanol–water partition coefficient (Wildman–Crippen LogP) is -0.798. The summed E-state index contributed by atoms with van der Waals surface area (Å²) in [5.41, 5.74) is 0.220. The first-order valence-electron chi connectivity index (χ1n) is 3.27. The van der Waals surface area contributed by atoms with Crippen LogP contribution < -0.4 is 4.72 Å². The van der Waals surface area contributed by atoms with Gasteiger partial charge in [-0.05, 0) is 12.1 Å². The van der Waals surface area contributed by atoms with E-state index >= 15 is 0 Å². The van der Waals surface area contributed by atoms with Gasteiger partial charge in [-0.2, -0.15) is 0 Å². The average molecular weight is 273 g/mol. The molecule has 0 atom stereocenters. The van der Waals surface area contributed by atoms with Crippen LogP contribution in [-0.4, -0.2) is 59.8 Å². The Balaban J connectivity index is 0.000000845. The van der Waals surface area contributed by atoms with Gasteiger partial charge in [0, 0.05) is 0 Å². The Bertz CT molecular complexity index is 455. The Hall–Kier alpha value is 0.121. The standard InChI is InChI=1S/C7H5NO3S.Sr.2H/c9-7-5-3-1-2-4-6(5)12(10,11)8-7;;;/h1-4H,(H,8,9);;;. The molecule has 0 aliphatic carbocycles. The zero-order valence-electron chi connectivity index (χ0n) is 5.94. The van der Waals surface area contributed by atoms with Crippen molar-refractivity contribution in [1.29, 1.82) is 0 Å². The molecule has 6 heteroatoms. The van der Waals surface area contributed by atoms with Gasteiger partial charge in [0.2, 0.25) is 0 Å². The van der Waals surface area contributed by atoms with Gasteiger partial charge < -0.3 is 0 Å². The van der Waals surface area contributed by atoms with Gasteiger partial charge in [0.15, 0.2) is 0 Å². The second kappa shape index (κ2) is 3.70. The molecule has 13 heavy (non-hydrogen) atoms. The molecule has 0 radical (unpaired) electrons. The molecule has 0 unspecified atom stereocenters. The van der Waals surface area contributed by atoms with Gasteiger partial charge in [0.1, 0.15) is 4.90 Å². The maximum absolute atomic E-state index is 11.1. The number of carbonyl (C=O) groups excluding carboxylic acids is 1. The number of benzene rings is 1. The first-order valence-corrected chi connectivity index (χ1v) is 4.76. The van der Waals surface area contributed by atoms with Gasteiger partial charge in [-0.25, -0.2) is 13.1 Å². The summed E-state index contributed by atoms with van der Waals surface area (Å²) in [6.07, 6.45) is 0. The third-order valence-corrected chi connectivity index (χ3v) is 3.04. The molecular formula is C7H7NO3SSr. The van der Waals surface area contributed by atoms with E-state index in [9.17, 15) is 13.2 Å². The van der Waals surface area contributed by atoms with Gasteiger partial charge in [0.05, 0.1) is 5.56 Å².